The number of nitrogens with one attached hydrogen (secondary N) is 1. The molecular weight excluding hydrogens is 212 g/mol. The van der Waals surface area contributed by atoms with Crippen LogP contribution in [0.5, 0.6) is 0 Å². The van der Waals surface area contributed by atoms with E-state index >= 15 is 0 Å². The predicted molar refractivity (Wildman–Crippen MR) is 73.7 cm³/mol. The highest BCUT2D eigenvalue weighted by Gasteiger charge is 2.27. The highest BCUT2D eigenvalue weighted by atomic mass is 16.2. The summed E-state index contributed by atoms with van der Waals surface area (Å²) < 4.78 is 0. The minimum atomic E-state index is -0.435. The van der Waals surface area contributed by atoms with Crippen molar-refractivity contribution in [3.8, 4) is 0 Å². The lowest BCUT2D eigenvalue weighted by atomic mass is 9.87. The average Bonchev–Trinajstić information content (AvgIpc) is 2.14. The van der Waals surface area contributed by atoms with E-state index in [4.69, 9.17) is 5.73 Å². The minimum absolute atomic E-state index is 0.0328. The first-order valence-corrected chi connectivity index (χ1v) is 6.70. The molecule has 0 aliphatic rings. The van der Waals surface area contributed by atoms with Gasteiger partial charge in [0.15, 0.2) is 0 Å². The van der Waals surface area contributed by atoms with Gasteiger partial charge in [0.1, 0.15) is 0 Å². The Morgan fingerprint density at radius 1 is 1.18 bits per heavy atom. The summed E-state index contributed by atoms with van der Waals surface area (Å²) in [7, 11) is 0. The molecule has 2 atom stereocenters. The van der Waals surface area contributed by atoms with E-state index in [-0.39, 0.29) is 17.4 Å². The predicted octanol–water partition coefficient (Wildman–Crippen LogP) is 2.69. The SMILES string of the molecule is CC(C)CCCC(C)NC(=O)[C@@H](N)C(C)(C)C. The summed E-state index contributed by atoms with van der Waals surface area (Å²) in [5.41, 5.74) is 5.73. The molecule has 17 heavy (non-hydrogen) atoms. The maximum atomic E-state index is 11.9. The lowest BCUT2D eigenvalue weighted by Gasteiger charge is -2.27. The highest BCUT2D eigenvalue weighted by molar-refractivity contribution is 5.82. The summed E-state index contributed by atoms with van der Waals surface area (Å²) in [4.78, 5) is 11.9. The van der Waals surface area contributed by atoms with Crippen LogP contribution in [0.2, 0.25) is 0 Å². The summed E-state index contributed by atoms with van der Waals surface area (Å²) in [5, 5.41) is 3.00. The summed E-state index contributed by atoms with van der Waals surface area (Å²) in [5.74, 6) is 0.698. The lowest BCUT2D eigenvalue weighted by Crippen LogP contribution is -2.50. The maximum absolute atomic E-state index is 11.9. The first-order chi connectivity index (χ1) is 7.64. The smallest absolute Gasteiger partial charge is 0.237 e. The lowest BCUT2D eigenvalue weighted by molar-refractivity contribution is -0.125. The van der Waals surface area contributed by atoms with Gasteiger partial charge in [0.05, 0.1) is 6.04 Å². The van der Waals surface area contributed by atoms with E-state index in [2.05, 4.69) is 19.2 Å². The Hall–Kier alpha value is -0.570. The largest absolute Gasteiger partial charge is 0.352 e. The molecule has 0 rings (SSSR count). The van der Waals surface area contributed by atoms with Gasteiger partial charge in [-0.15, -0.1) is 0 Å². The molecule has 1 unspecified atom stereocenters. The fourth-order valence-electron chi connectivity index (χ4n) is 1.63. The van der Waals surface area contributed by atoms with Crippen molar-refractivity contribution < 1.29 is 4.79 Å². The molecule has 3 nitrogen and oxygen atoms in total. The zero-order chi connectivity index (χ0) is 13.6. The summed E-state index contributed by atoms with van der Waals surface area (Å²) >= 11 is 0. The molecule has 102 valence electrons. The van der Waals surface area contributed by atoms with Crippen LogP contribution in [0.1, 0.15) is 60.8 Å². The van der Waals surface area contributed by atoms with Crippen LogP contribution in [0.3, 0.4) is 0 Å². The number of hydrogen-bond donors (Lipinski definition) is 2. The Bertz CT molecular complexity index is 231. The van der Waals surface area contributed by atoms with Crippen LogP contribution in [0.15, 0.2) is 0 Å². The Balaban J connectivity index is 3.96. The van der Waals surface area contributed by atoms with Crippen LogP contribution in [0.25, 0.3) is 0 Å². The van der Waals surface area contributed by atoms with E-state index in [9.17, 15) is 4.79 Å². The molecular formula is C14H30N2O. The van der Waals surface area contributed by atoms with Gasteiger partial charge in [0.25, 0.3) is 0 Å². The van der Waals surface area contributed by atoms with Crippen LogP contribution in [-0.4, -0.2) is 18.0 Å². The van der Waals surface area contributed by atoms with E-state index in [1.54, 1.807) is 0 Å². The van der Waals surface area contributed by atoms with Crippen LogP contribution in [-0.2, 0) is 4.79 Å². The molecule has 0 aliphatic heterocycles. The van der Waals surface area contributed by atoms with Crippen LogP contribution < -0.4 is 11.1 Å². The summed E-state index contributed by atoms with van der Waals surface area (Å²) in [6, 6.07) is -0.218. The van der Waals surface area contributed by atoms with E-state index in [1.165, 1.54) is 6.42 Å². The van der Waals surface area contributed by atoms with Gasteiger partial charge in [-0.2, -0.15) is 0 Å². The molecule has 0 aromatic heterocycles. The molecule has 0 aromatic rings. The maximum Gasteiger partial charge on any atom is 0.237 e. The van der Waals surface area contributed by atoms with Gasteiger partial charge in [-0.05, 0) is 24.7 Å². The number of amides is 1. The fraction of sp³-hybridized carbons (Fsp3) is 0.929. The summed E-state index contributed by atoms with van der Waals surface area (Å²) in [6.45, 7) is 12.5. The number of carbonyl (C=O) groups is 1. The second-order valence-corrected chi connectivity index (χ2v) is 6.58. The van der Waals surface area contributed by atoms with Crippen LogP contribution in [0, 0.1) is 11.3 Å². The molecule has 0 radical (unpaired) electrons. The summed E-state index contributed by atoms with van der Waals surface area (Å²) in [6.07, 6.45) is 3.40. The molecule has 0 fully saturated rings. The number of carbonyl (C=O) groups excluding carboxylic acids is 1. The highest BCUT2D eigenvalue weighted by Crippen LogP contribution is 2.17. The van der Waals surface area contributed by atoms with Crippen LogP contribution in [0.4, 0.5) is 0 Å². The van der Waals surface area contributed by atoms with Gasteiger partial charge in [-0.3, -0.25) is 4.79 Å². The van der Waals surface area contributed by atoms with Gasteiger partial charge in [0.2, 0.25) is 5.91 Å². The van der Waals surface area contributed by atoms with E-state index < -0.39 is 6.04 Å². The third kappa shape index (κ3) is 7.37. The molecule has 0 bridgehead atoms. The number of hydrogen-bond acceptors (Lipinski definition) is 2. The molecule has 0 saturated heterocycles. The third-order valence-corrected chi connectivity index (χ3v) is 3.02. The third-order valence-electron chi connectivity index (χ3n) is 3.02. The average molecular weight is 242 g/mol. The van der Waals surface area contributed by atoms with E-state index in [0.717, 1.165) is 18.8 Å². The minimum Gasteiger partial charge on any atom is -0.352 e. The van der Waals surface area contributed by atoms with Crippen molar-refractivity contribution in [3.63, 3.8) is 0 Å². The molecule has 1 amide bonds. The molecule has 0 spiro atoms. The van der Waals surface area contributed by atoms with Crippen molar-refractivity contribution in [3.05, 3.63) is 0 Å². The quantitative estimate of drug-likeness (QED) is 0.752. The second kappa shape index (κ2) is 7.00. The second-order valence-electron chi connectivity index (χ2n) is 6.58. The topological polar surface area (TPSA) is 55.1 Å². The number of nitrogens with two attached hydrogens (primary N) is 1. The number of rotatable bonds is 6. The van der Waals surface area contributed by atoms with Gasteiger partial charge in [-0.1, -0.05) is 47.5 Å². The van der Waals surface area contributed by atoms with Crippen molar-refractivity contribution in [1.82, 2.24) is 5.32 Å². The fourth-order valence-corrected chi connectivity index (χ4v) is 1.63. The van der Waals surface area contributed by atoms with Gasteiger partial charge in [0, 0.05) is 6.04 Å². The zero-order valence-electron chi connectivity index (χ0n) is 12.3. The normalized spacial score (nSPS) is 15.8. The Morgan fingerprint density at radius 3 is 2.12 bits per heavy atom. The van der Waals surface area contributed by atoms with Crippen molar-refractivity contribution in [2.24, 2.45) is 17.1 Å². The molecule has 0 saturated carbocycles. The Morgan fingerprint density at radius 2 is 1.71 bits per heavy atom. The molecule has 3 N–H and O–H groups in total. The molecule has 3 heteroatoms. The van der Waals surface area contributed by atoms with Crippen molar-refractivity contribution in [2.75, 3.05) is 0 Å². The zero-order valence-corrected chi connectivity index (χ0v) is 12.3. The first kappa shape index (κ1) is 16.4. The Kier molecular flexibility index (Phi) is 6.76. The van der Waals surface area contributed by atoms with Crippen molar-refractivity contribution in [1.29, 1.82) is 0 Å². The Labute approximate surface area is 107 Å². The standard InChI is InChI=1S/C14H30N2O/c1-10(2)8-7-9-11(3)16-13(17)12(15)14(4,5)6/h10-12H,7-9,15H2,1-6H3,(H,16,17)/t11?,12-/m1/s1. The molecule has 0 aromatic carbocycles. The van der Waals surface area contributed by atoms with Gasteiger partial charge < -0.3 is 11.1 Å². The first-order valence-electron chi connectivity index (χ1n) is 6.70. The van der Waals surface area contributed by atoms with Crippen molar-refractivity contribution >= 4 is 5.91 Å². The molecule has 0 heterocycles. The van der Waals surface area contributed by atoms with Crippen molar-refractivity contribution in [2.45, 2.75) is 72.9 Å². The van der Waals surface area contributed by atoms with E-state index in [0.29, 0.717) is 0 Å². The van der Waals surface area contributed by atoms with E-state index in [1.807, 2.05) is 27.7 Å². The van der Waals surface area contributed by atoms with Crippen LogP contribution >= 0.6 is 0 Å². The monoisotopic (exact) mass is 242 g/mol. The molecule has 0 aliphatic carbocycles. The van der Waals surface area contributed by atoms with Gasteiger partial charge in [-0.25, -0.2) is 0 Å². The van der Waals surface area contributed by atoms with Gasteiger partial charge >= 0.3 is 0 Å².